The highest BCUT2D eigenvalue weighted by molar-refractivity contribution is 7.90. The van der Waals surface area contributed by atoms with Crippen molar-refractivity contribution in [3.8, 4) is 11.4 Å². The molecule has 0 aliphatic carbocycles. The van der Waals surface area contributed by atoms with E-state index < -0.39 is 9.84 Å². The molecule has 29 heavy (non-hydrogen) atoms. The van der Waals surface area contributed by atoms with Crippen LogP contribution >= 0.6 is 34.5 Å². The van der Waals surface area contributed by atoms with Crippen molar-refractivity contribution in [3.05, 3.63) is 57.9 Å². The molecule has 2 heterocycles. The van der Waals surface area contributed by atoms with E-state index in [-0.39, 0.29) is 10.8 Å². The lowest BCUT2D eigenvalue weighted by Crippen LogP contribution is -2.10. The smallest absolute Gasteiger partial charge is 0.269 e. The fourth-order valence-electron chi connectivity index (χ4n) is 2.72. The molecule has 10 heteroatoms. The number of nitrogens with one attached hydrogen (secondary N) is 1. The zero-order valence-electron chi connectivity index (χ0n) is 15.3. The second-order valence-corrected chi connectivity index (χ2v) is 10.6. The summed E-state index contributed by atoms with van der Waals surface area (Å²) in [6.45, 7) is 1.98. The Hall–Kier alpha value is -2.33. The third-order valence-electron chi connectivity index (χ3n) is 4.18. The Morgan fingerprint density at radius 1 is 1.14 bits per heavy atom. The largest absolute Gasteiger partial charge is 0.296 e. The molecule has 0 unspecified atom stereocenters. The van der Waals surface area contributed by atoms with Gasteiger partial charge in [0.15, 0.2) is 15.7 Å². The molecule has 0 saturated carbocycles. The van der Waals surface area contributed by atoms with Crippen LogP contribution in [-0.4, -0.2) is 29.9 Å². The fourth-order valence-corrected chi connectivity index (χ4v) is 5.44. The molecule has 1 N–H and O–H groups in total. The van der Waals surface area contributed by atoms with Crippen molar-refractivity contribution in [1.82, 2.24) is 9.36 Å². The number of anilines is 1. The topological polar surface area (TPSA) is 89.0 Å². The standard InChI is InChI=1S/C19H14ClN3O3S3/c1-10-3-8-13-14(9-10)27-16(15(13)20)18(24)22-19-21-17(23-28-19)11-4-6-12(7-5-11)29(2,25)26/h3-9H,1-2H3,(H,21,22,23,24). The summed E-state index contributed by atoms with van der Waals surface area (Å²) >= 11 is 8.76. The number of aryl methyl sites for hydroxylation is 1. The first-order chi connectivity index (χ1) is 13.7. The normalized spacial score (nSPS) is 11.7. The van der Waals surface area contributed by atoms with Crippen LogP contribution in [0.4, 0.5) is 5.13 Å². The number of hydrogen-bond acceptors (Lipinski definition) is 7. The van der Waals surface area contributed by atoms with Gasteiger partial charge in [-0.2, -0.15) is 9.36 Å². The van der Waals surface area contributed by atoms with Gasteiger partial charge in [-0.05, 0) is 42.8 Å². The zero-order valence-corrected chi connectivity index (χ0v) is 18.5. The Balaban J connectivity index is 1.56. The van der Waals surface area contributed by atoms with E-state index in [4.69, 9.17) is 11.6 Å². The highest BCUT2D eigenvalue weighted by atomic mass is 35.5. The van der Waals surface area contributed by atoms with Gasteiger partial charge in [-0.1, -0.05) is 23.7 Å². The SMILES string of the molecule is Cc1ccc2c(Cl)c(C(=O)Nc3nc(-c4ccc(S(C)(=O)=O)cc4)ns3)sc2c1. The van der Waals surface area contributed by atoms with Crippen molar-refractivity contribution >= 4 is 65.4 Å². The molecular weight excluding hydrogens is 450 g/mol. The first kappa shape index (κ1) is 20.0. The summed E-state index contributed by atoms with van der Waals surface area (Å²) < 4.78 is 28.3. The highest BCUT2D eigenvalue weighted by Crippen LogP contribution is 2.36. The number of halogens is 1. The number of sulfone groups is 1. The number of nitrogens with zero attached hydrogens (tertiary/aromatic N) is 2. The lowest BCUT2D eigenvalue weighted by atomic mass is 10.2. The molecule has 0 atom stereocenters. The molecule has 4 aromatic rings. The number of rotatable bonds is 4. The summed E-state index contributed by atoms with van der Waals surface area (Å²) in [6.07, 6.45) is 1.15. The average Bonchev–Trinajstić information content (AvgIpc) is 3.25. The number of carbonyl (C=O) groups is 1. The summed E-state index contributed by atoms with van der Waals surface area (Å²) in [5.74, 6) is 0.0624. The van der Waals surface area contributed by atoms with Crippen molar-refractivity contribution in [2.24, 2.45) is 0 Å². The second kappa shape index (κ2) is 7.49. The predicted octanol–water partition coefficient (Wildman–Crippen LogP) is 5.04. The van der Waals surface area contributed by atoms with Crippen molar-refractivity contribution in [2.75, 3.05) is 11.6 Å². The number of thiophene rings is 1. The molecule has 0 aliphatic heterocycles. The summed E-state index contributed by atoms with van der Waals surface area (Å²) in [6, 6.07) is 12.1. The van der Waals surface area contributed by atoms with Crippen LogP contribution in [0, 0.1) is 6.92 Å². The minimum atomic E-state index is -3.27. The minimum Gasteiger partial charge on any atom is -0.296 e. The van der Waals surface area contributed by atoms with E-state index in [1.807, 2.05) is 25.1 Å². The second-order valence-electron chi connectivity index (χ2n) is 6.42. The number of benzene rings is 2. The maximum absolute atomic E-state index is 12.7. The number of fused-ring (bicyclic) bond motifs is 1. The molecule has 0 aliphatic rings. The fraction of sp³-hybridized carbons (Fsp3) is 0.105. The first-order valence-electron chi connectivity index (χ1n) is 8.36. The number of amides is 1. The van der Waals surface area contributed by atoms with Crippen molar-refractivity contribution in [2.45, 2.75) is 11.8 Å². The van der Waals surface area contributed by atoms with Crippen LogP contribution in [0.2, 0.25) is 5.02 Å². The van der Waals surface area contributed by atoms with Crippen molar-refractivity contribution in [1.29, 1.82) is 0 Å². The summed E-state index contributed by atoms with van der Waals surface area (Å²) in [5, 5.41) is 4.34. The molecule has 0 bridgehead atoms. The van der Waals surface area contributed by atoms with Crippen LogP contribution in [0.5, 0.6) is 0 Å². The van der Waals surface area contributed by atoms with E-state index in [2.05, 4.69) is 14.7 Å². The Labute approximate surface area is 180 Å². The third-order valence-corrected chi connectivity index (χ3v) is 7.59. The first-order valence-corrected chi connectivity index (χ1v) is 12.2. The summed E-state index contributed by atoms with van der Waals surface area (Å²) in [4.78, 5) is 17.6. The Kier molecular flexibility index (Phi) is 5.16. The summed E-state index contributed by atoms with van der Waals surface area (Å²) in [7, 11) is -3.27. The molecule has 2 aromatic carbocycles. The van der Waals surface area contributed by atoms with E-state index in [1.165, 1.54) is 23.5 Å². The van der Waals surface area contributed by atoms with Crippen LogP contribution in [0.1, 0.15) is 15.2 Å². The van der Waals surface area contributed by atoms with Crippen molar-refractivity contribution in [3.63, 3.8) is 0 Å². The highest BCUT2D eigenvalue weighted by Gasteiger charge is 2.19. The molecule has 4 rings (SSSR count). The van der Waals surface area contributed by atoms with E-state index in [1.54, 1.807) is 12.1 Å². The molecule has 0 fully saturated rings. The van der Waals surface area contributed by atoms with Crippen LogP contribution in [0.15, 0.2) is 47.4 Å². The van der Waals surface area contributed by atoms with Gasteiger partial charge < -0.3 is 0 Å². The van der Waals surface area contributed by atoms with Crippen molar-refractivity contribution < 1.29 is 13.2 Å². The quantitative estimate of drug-likeness (QED) is 0.458. The predicted molar refractivity (Wildman–Crippen MR) is 118 cm³/mol. The van der Waals surface area contributed by atoms with Gasteiger partial charge in [0.25, 0.3) is 5.91 Å². The maximum Gasteiger partial charge on any atom is 0.269 e. The minimum absolute atomic E-state index is 0.222. The van der Waals surface area contributed by atoms with E-state index in [9.17, 15) is 13.2 Å². The van der Waals surface area contributed by atoms with Gasteiger partial charge in [-0.3, -0.25) is 10.1 Å². The lowest BCUT2D eigenvalue weighted by molar-refractivity contribution is 0.103. The summed E-state index contributed by atoms with van der Waals surface area (Å²) in [5.41, 5.74) is 1.75. The molecule has 0 saturated heterocycles. The Morgan fingerprint density at radius 2 is 1.86 bits per heavy atom. The number of aromatic nitrogens is 2. The van der Waals surface area contributed by atoms with Gasteiger partial charge in [0.2, 0.25) is 5.13 Å². The van der Waals surface area contributed by atoms with Crippen LogP contribution < -0.4 is 5.32 Å². The monoisotopic (exact) mass is 463 g/mol. The molecule has 0 radical (unpaired) electrons. The molecule has 6 nitrogen and oxygen atoms in total. The third kappa shape index (κ3) is 4.04. The van der Waals surface area contributed by atoms with Crippen LogP contribution in [0.3, 0.4) is 0 Å². The van der Waals surface area contributed by atoms with Crippen LogP contribution in [-0.2, 0) is 9.84 Å². The maximum atomic E-state index is 12.7. The van der Waals surface area contributed by atoms with E-state index >= 15 is 0 Å². The van der Waals surface area contributed by atoms with Crippen LogP contribution in [0.25, 0.3) is 21.5 Å². The molecule has 148 valence electrons. The van der Waals surface area contributed by atoms with Gasteiger partial charge in [0.05, 0.1) is 9.92 Å². The number of hydrogen-bond donors (Lipinski definition) is 1. The van der Waals surface area contributed by atoms with Gasteiger partial charge in [-0.25, -0.2) is 8.42 Å². The molecule has 1 amide bonds. The average molecular weight is 464 g/mol. The Morgan fingerprint density at radius 3 is 2.55 bits per heavy atom. The molecular formula is C19H14ClN3O3S3. The van der Waals surface area contributed by atoms with E-state index in [0.29, 0.717) is 26.4 Å². The van der Waals surface area contributed by atoms with E-state index in [0.717, 1.165) is 33.4 Å². The molecule has 0 spiro atoms. The zero-order chi connectivity index (χ0) is 20.8. The molecule has 2 aromatic heterocycles. The lowest BCUT2D eigenvalue weighted by Gasteiger charge is -2.00. The van der Waals surface area contributed by atoms with Gasteiger partial charge >= 0.3 is 0 Å². The van der Waals surface area contributed by atoms with Gasteiger partial charge in [0.1, 0.15) is 4.88 Å². The van der Waals surface area contributed by atoms with Gasteiger partial charge in [-0.15, -0.1) is 11.3 Å². The Bertz CT molecular complexity index is 1340. The van der Waals surface area contributed by atoms with Gasteiger partial charge in [0, 0.05) is 33.4 Å². The number of carbonyl (C=O) groups excluding carboxylic acids is 1.